The average molecular weight is 377 g/mol. The minimum absolute atomic E-state index is 0.0982. The molecule has 0 spiro atoms. The summed E-state index contributed by atoms with van der Waals surface area (Å²) in [5.74, 6) is -0.0982. The normalized spacial score (nSPS) is 11.6. The Balaban J connectivity index is 1.68. The smallest absolute Gasteiger partial charge is 0.216 e. The van der Waals surface area contributed by atoms with E-state index in [0.717, 1.165) is 16.8 Å². The van der Waals surface area contributed by atoms with E-state index in [1.54, 1.807) is 47.5 Å². The van der Waals surface area contributed by atoms with Gasteiger partial charge in [-0.2, -0.15) is 5.10 Å². The van der Waals surface area contributed by atoms with Crippen LogP contribution in [0.15, 0.2) is 55.0 Å². The van der Waals surface area contributed by atoms with Crippen molar-refractivity contribution in [3.05, 3.63) is 71.1 Å². The van der Waals surface area contributed by atoms with Crippen LogP contribution in [0.4, 0.5) is 0 Å². The van der Waals surface area contributed by atoms with E-state index in [-0.39, 0.29) is 12.3 Å². The summed E-state index contributed by atoms with van der Waals surface area (Å²) >= 11 is 5.81. The molecule has 0 amide bonds. The number of sulfonamides is 1. The van der Waals surface area contributed by atoms with E-state index in [4.69, 9.17) is 11.6 Å². The van der Waals surface area contributed by atoms with E-state index in [1.807, 2.05) is 19.2 Å². The van der Waals surface area contributed by atoms with Gasteiger partial charge in [0.1, 0.15) is 0 Å². The molecule has 0 radical (unpaired) electrons. The second-order valence-corrected chi connectivity index (χ2v) is 7.87. The summed E-state index contributed by atoms with van der Waals surface area (Å²) in [6, 6.07) is 10.5. The van der Waals surface area contributed by atoms with Gasteiger partial charge in [-0.25, -0.2) is 13.1 Å². The van der Waals surface area contributed by atoms with Crippen LogP contribution in [0.25, 0.3) is 11.3 Å². The summed E-state index contributed by atoms with van der Waals surface area (Å²) in [6.07, 6.45) is 5.07. The Morgan fingerprint density at radius 2 is 1.88 bits per heavy atom. The number of benzene rings is 1. The van der Waals surface area contributed by atoms with Gasteiger partial charge in [0.25, 0.3) is 0 Å². The van der Waals surface area contributed by atoms with Gasteiger partial charge in [-0.05, 0) is 35.4 Å². The summed E-state index contributed by atoms with van der Waals surface area (Å²) in [5.41, 5.74) is 3.25. The lowest BCUT2D eigenvalue weighted by Crippen LogP contribution is -2.24. The molecular formula is C17H17ClN4O2S. The first-order valence-corrected chi connectivity index (χ1v) is 9.60. The molecule has 6 nitrogen and oxygen atoms in total. The maximum Gasteiger partial charge on any atom is 0.216 e. The van der Waals surface area contributed by atoms with E-state index in [2.05, 4.69) is 14.8 Å². The Morgan fingerprint density at radius 1 is 1.12 bits per heavy atom. The molecule has 0 unspecified atom stereocenters. The van der Waals surface area contributed by atoms with Crippen LogP contribution in [-0.4, -0.2) is 23.2 Å². The lowest BCUT2D eigenvalue weighted by molar-refractivity contribution is 0.580. The second-order valence-electron chi connectivity index (χ2n) is 5.63. The van der Waals surface area contributed by atoms with Crippen LogP contribution in [-0.2, 0) is 29.4 Å². The molecule has 0 saturated carbocycles. The Bertz CT molecular complexity index is 968. The predicted octanol–water partition coefficient (Wildman–Crippen LogP) is 2.76. The Labute approximate surface area is 151 Å². The highest BCUT2D eigenvalue weighted by atomic mass is 35.5. The van der Waals surface area contributed by atoms with E-state index in [9.17, 15) is 8.42 Å². The fraction of sp³-hybridized carbons (Fsp3) is 0.176. The molecule has 1 N–H and O–H groups in total. The number of nitrogens with zero attached hydrogens (tertiary/aromatic N) is 3. The van der Waals surface area contributed by atoms with Gasteiger partial charge in [0.05, 0.1) is 11.4 Å². The zero-order chi connectivity index (χ0) is 17.9. The summed E-state index contributed by atoms with van der Waals surface area (Å²) in [6.45, 7) is 0.175. The maximum atomic E-state index is 12.2. The molecule has 0 saturated heterocycles. The van der Waals surface area contributed by atoms with Crippen molar-refractivity contribution in [3.8, 4) is 11.3 Å². The van der Waals surface area contributed by atoms with Crippen molar-refractivity contribution in [3.63, 3.8) is 0 Å². The van der Waals surface area contributed by atoms with Crippen molar-refractivity contribution < 1.29 is 8.42 Å². The van der Waals surface area contributed by atoms with Gasteiger partial charge in [-0.3, -0.25) is 9.67 Å². The molecule has 130 valence electrons. The first kappa shape index (κ1) is 17.6. The van der Waals surface area contributed by atoms with E-state index in [0.29, 0.717) is 10.6 Å². The predicted molar refractivity (Wildman–Crippen MR) is 97.4 cm³/mol. The summed E-state index contributed by atoms with van der Waals surface area (Å²) in [4.78, 5) is 4.19. The summed E-state index contributed by atoms with van der Waals surface area (Å²) < 4.78 is 28.8. The number of nitrogens with one attached hydrogen (secondary N) is 1. The quantitative estimate of drug-likeness (QED) is 0.717. The van der Waals surface area contributed by atoms with Crippen LogP contribution in [0.3, 0.4) is 0 Å². The van der Waals surface area contributed by atoms with Gasteiger partial charge in [-0.15, -0.1) is 0 Å². The fourth-order valence-corrected chi connectivity index (χ4v) is 3.67. The van der Waals surface area contributed by atoms with Crippen molar-refractivity contribution in [1.29, 1.82) is 0 Å². The molecule has 1 aromatic carbocycles. The zero-order valence-corrected chi connectivity index (χ0v) is 15.1. The van der Waals surface area contributed by atoms with Gasteiger partial charge < -0.3 is 0 Å². The van der Waals surface area contributed by atoms with Gasteiger partial charge in [0.2, 0.25) is 10.0 Å². The Morgan fingerprint density at radius 3 is 2.56 bits per heavy atom. The highest BCUT2D eigenvalue weighted by molar-refractivity contribution is 7.88. The third kappa shape index (κ3) is 4.66. The molecule has 8 heteroatoms. The van der Waals surface area contributed by atoms with E-state index >= 15 is 0 Å². The number of pyridine rings is 1. The first-order valence-electron chi connectivity index (χ1n) is 7.57. The fourth-order valence-electron chi connectivity index (χ4n) is 2.43. The van der Waals surface area contributed by atoms with Crippen LogP contribution in [0.2, 0.25) is 5.02 Å². The standard InChI is InChI=1S/C17H17ClN4O2S/c1-22-17(6-7-20-22)15-8-14(9-19-11-15)10-21-25(23,24)12-13-2-4-16(18)5-3-13/h2-9,11,21H,10,12H2,1H3. The van der Waals surface area contributed by atoms with Crippen LogP contribution >= 0.6 is 11.6 Å². The molecule has 0 aliphatic carbocycles. The topological polar surface area (TPSA) is 76.9 Å². The summed E-state index contributed by atoms with van der Waals surface area (Å²) in [7, 11) is -1.61. The molecular weight excluding hydrogens is 360 g/mol. The highest BCUT2D eigenvalue weighted by Crippen LogP contribution is 2.18. The Kier molecular flexibility index (Phi) is 5.17. The highest BCUT2D eigenvalue weighted by Gasteiger charge is 2.12. The SMILES string of the molecule is Cn1nccc1-c1cncc(CNS(=O)(=O)Cc2ccc(Cl)cc2)c1. The molecule has 25 heavy (non-hydrogen) atoms. The third-order valence-corrected chi connectivity index (χ3v) is 5.23. The van der Waals surface area contributed by atoms with Gasteiger partial charge in [0, 0.05) is 42.8 Å². The molecule has 3 rings (SSSR count). The molecule has 0 atom stereocenters. The first-order chi connectivity index (χ1) is 11.9. The lowest BCUT2D eigenvalue weighted by atomic mass is 10.1. The molecule has 2 aromatic heterocycles. The van der Waals surface area contributed by atoms with Gasteiger partial charge in [0.15, 0.2) is 0 Å². The molecule has 3 aromatic rings. The lowest BCUT2D eigenvalue weighted by Gasteiger charge is -2.08. The monoisotopic (exact) mass is 376 g/mol. The van der Waals surface area contributed by atoms with Gasteiger partial charge in [-0.1, -0.05) is 23.7 Å². The summed E-state index contributed by atoms with van der Waals surface area (Å²) in [5, 5.41) is 4.70. The molecule has 0 aliphatic heterocycles. The zero-order valence-electron chi connectivity index (χ0n) is 13.6. The number of rotatable bonds is 6. The largest absolute Gasteiger partial charge is 0.268 e. The van der Waals surface area contributed by atoms with Crippen molar-refractivity contribution in [2.24, 2.45) is 7.05 Å². The molecule has 2 heterocycles. The number of halogens is 1. The maximum absolute atomic E-state index is 12.2. The third-order valence-electron chi connectivity index (χ3n) is 3.68. The van der Waals surface area contributed by atoms with Crippen LogP contribution in [0, 0.1) is 0 Å². The number of aromatic nitrogens is 3. The Hall–Kier alpha value is -2.22. The van der Waals surface area contributed by atoms with Crippen LogP contribution in [0.1, 0.15) is 11.1 Å². The number of hydrogen-bond acceptors (Lipinski definition) is 4. The number of hydrogen-bond donors (Lipinski definition) is 1. The van der Waals surface area contributed by atoms with Crippen molar-refractivity contribution in [2.75, 3.05) is 0 Å². The van der Waals surface area contributed by atoms with E-state index in [1.165, 1.54) is 0 Å². The van der Waals surface area contributed by atoms with Crippen molar-refractivity contribution >= 4 is 21.6 Å². The average Bonchev–Trinajstić information content (AvgIpc) is 3.01. The molecule has 0 fully saturated rings. The molecule has 0 bridgehead atoms. The van der Waals surface area contributed by atoms with Gasteiger partial charge >= 0.3 is 0 Å². The second kappa shape index (κ2) is 7.35. The van der Waals surface area contributed by atoms with Crippen molar-refractivity contribution in [2.45, 2.75) is 12.3 Å². The van der Waals surface area contributed by atoms with Crippen molar-refractivity contribution in [1.82, 2.24) is 19.5 Å². The van der Waals surface area contributed by atoms with Crippen LogP contribution in [0.5, 0.6) is 0 Å². The number of aryl methyl sites for hydroxylation is 1. The minimum Gasteiger partial charge on any atom is -0.268 e. The van der Waals surface area contributed by atoms with Crippen LogP contribution < -0.4 is 4.72 Å². The van der Waals surface area contributed by atoms with E-state index < -0.39 is 10.0 Å². The minimum atomic E-state index is -3.46. The molecule has 0 aliphatic rings.